The van der Waals surface area contributed by atoms with Crippen molar-refractivity contribution in [2.45, 2.75) is 114 Å². The molecule has 9 rings (SSSR count). The summed E-state index contributed by atoms with van der Waals surface area (Å²) in [5, 5.41) is 11.6. The van der Waals surface area contributed by atoms with Crippen LogP contribution in [0.5, 0.6) is 0 Å². The first-order chi connectivity index (χ1) is 33.2. The third-order valence-electron chi connectivity index (χ3n) is 12.5. The molecule has 8 atom stereocenters. The van der Waals surface area contributed by atoms with E-state index in [0.29, 0.717) is 44.7 Å². The van der Waals surface area contributed by atoms with Gasteiger partial charge in [0.1, 0.15) is 41.1 Å². The molecule has 0 aliphatic carbocycles. The van der Waals surface area contributed by atoms with E-state index in [2.05, 4.69) is 35.0 Å². The molecule has 0 saturated carbocycles. The van der Waals surface area contributed by atoms with Crippen LogP contribution in [0.25, 0.3) is 0 Å². The number of rotatable bonds is 9. The van der Waals surface area contributed by atoms with Gasteiger partial charge in [-0.2, -0.15) is 26.8 Å². The lowest BCUT2D eigenvalue weighted by molar-refractivity contribution is -0.0629. The maximum atomic E-state index is 14.6. The van der Waals surface area contributed by atoms with E-state index in [1.807, 2.05) is 6.92 Å². The number of benzene rings is 3. The fourth-order valence-electron chi connectivity index (χ4n) is 9.02. The highest BCUT2D eigenvalue weighted by molar-refractivity contribution is 8.02. The molecular formula is C47H57F4N9O8S3. The van der Waals surface area contributed by atoms with Crippen molar-refractivity contribution in [3.05, 3.63) is 136 Å². The van der Waals surface area contributed by atoms with Crippen LogP contribution in [-0.2, 0) is 70.0 Å². The first-order valence-corrected chi connectivity index (χ1v) is 28.0. The highest BCUT2D eigenvalue weighted by Crippen LogP contribution is 2.37. The minimum absolute atomic E-state index is 0.0383. The Bertz CT molecular complexity index is 3130. The lowest BCUT2D eigenvalue weighted by Gasteiger charge is -2.40. The van der Waals surface area contributed by atoms with Crippen LogP contribution >= 0.6 is 0 Å². The van der Waals surface area contributed by atoms with Gasteiger partial charge in [0, 0.05) is 91.5 Å². The summed E-state index contributed by atoms with van der Waals surface area (Å²) >= 11 is 0. The van der Waals surface area contributed by atoms with E-state index in [9.17, 15) is 39.2 Å². The number of carbonyl (C=O) groups excluding carboxylic acids is 1. The molecule has 2 fully saturated rings. The molecule has 1 amide bonds. The molecule has 0 spiro atoms. The molecule has 0 bridgehead atoms. The molecule has 2 saturated heterocycles. The van der Waals surface area contributed by atoms with Gasteiger partial charge in [-0.25, -0.2) is 30.8 Å². The van der Waals surface area contributed by atoms with E-state index in [4.69, 9.17) is 19.9 Å². The summed E-state index contributed by atoms with van der Waals surface area (Å²) in [4.78, 5) is 16.7. The van der Waals surface area contributed by atoms with E-state index < -0.39 is 88.9 Å². The predicted octanol–water partition coefficient (Wildman–Crippen LogP) is 5.90. The van der Waals surface area contributed by atoms with Crippen molar-refractivity contribution in [3.63, 3.8) is 0 Å². The topological polar surface area (TPSA) is 206 Å². The van der Waals surface area contributed by atoms with Gasteiger partial charge < -0.3 is 25.3 Å². The summed E-state index contributed by atoms with van der Waals surface area (Å²) in [7, 11) is -10.0. The van der Waals surface area contributed by atoms with Crippen LogP contribution in [0.15, 0.2) is 81.7 Å². The molecule has 6 heterocycles. The molecule has 24 heteroatoms. The summed E-state index contributed by atoms with van der Waals surface area (Å²) in [5.74, 6) is 1.36. The molecular weight excluding hydrogens is 991 g/mol. The standard InChI is InChI=1S/C24H27F2N5O4S2.C23H30F2N4O4S/c1-15-3-6-19(7-4-15)37(33,34)29-36(2,32)31-12-16-11-30(13-23(16)28-31)18-10-22(27)24(35-14-18)20-9-17(25)5-8-21(20)26;1-23(2,3)33-22(30)26-19-9-16(13-32-21(19)17-8-15(24)6-7-18(17)25)28-10-14-11-29(34(4,5)31)27-20(14)12-28/h3-9,12,18,22,24H,10-11,13-14,27H2,1-2H3;6-8,11,16,19,21H,4,9-10,12-13H2,1-3,5H3,(H,26,30)/t18-,22+,24-,36?;16-,19+,21-,34?/m11/s1. The van der Waals surface area contributed by atoms with Crippen molar-refractivity contribution in [2.24, 2.45) is 9.50 Å². The van der Waals surface area contributed by atoms with E-state index in [1.54, 1.807) is 45.3 Å². The van der Waals surface area contributed by atoms with Crippen LogP contribution in [0.2, 0.25) is 0 Å². The third-order valence-corrected chi connectivity index (χ3v) is 17.1. The quantitative estimate of drug-likeness (QED) is 0.131. The third kappa shape index (κ3) is 12.0. The van der Waals surface area contributed by atoms with Crippen LogP contribution < -0.4 is 11.1 Å². The molecule has 3 aromatic carbocycles. The van der Waals surface area contributed by atoms with Crippen molar-refractivity contribution >= 4 is 41.6 Å². The molecule has 2 unspecified atom stereocenters. The molecule has 2 aromatic heterocycles. The first kappa shape index (κ1) is 52.1. The maximum absolute atomic E-state index is 14.6. The molecule has 0 radical (unpaired) electrons. The van der Waals surface area contributed by atoms with Gasteiger partial charge in [0.25, 0.3) is 10.0 Å². The molecule has 384 valence electrons. The summed E-state index contributed by atoms with van der Waals surface area (Å²) in [6.45, 7) is 9.58. The monoisotopic (exact) mass is 1050 g/mol. The Hall–Kier alpha value is -5.21. The van der Waals surface area contributed by atoms with Crippen LogP contribution in [-0.4, -0.2) is 112 Å². The number of halogens is 4. The van der Waals surface area contributed by atoms with E-state index in [0.717, 1.165) is 62.9 Å². The van der Waals surface area contributed by atoms with Crippen molar-refractivity contribution < 1.29 is 53.4 Å². The molecule has 5 aromatic rings. The lowest BCUT2D eigenvalue weighted by atomic mass is 9.92. The van der Waals surface area contributed by atoms with E-state index in [-0.39, 0.29) is 41.3 Å². The highest BCUT2D eigenvalue weighted by Gasteiger charge is 2.41. The fraction of sp³-hybridized carbons (Fsp3) is 0.447. The van der Waals surface area contributed by atoms with E-state index >= 15 is 0 Å². The number of ether oxygens (including phenoxy) is 3. The lowest BCUT2D eigenvalue weighted by Crippen LogP contribution is -2.52. The molecule has 4 aliphatic heterocycles. The van der Waals surface area contributed by atoms with Crippen molar-refractivity contribution in [3.8, 4) is 0 Å². The number of aromatic nitrogens is 4. The predicted molar refractivity (Wildman–Crippen MR) is 258 cm³/mol. The number of hydrogen-bond acceptors (Lipinski definition) is 13. The number of nitrogens with zero attached hydrogens (tertiary/aromatic N) is 7. The Kier molecular flexibility index (Phi) is 14.7. The number of sulfonamides is 1. The zero-order chi connectivity index (χ0) is 51.4. The summed E-state index contributed by atoms with van der Waals surface area (Å²) in [6.07, 6.45) is 4.73. The maximum Gasteiger partial charge on any atom is 0.407 e. The van der Waals surface area contributed by atoms with Gasteiger partial charge in [0.15, 0.2) is 9.92 Å². The number of aryl methyl sites for hydroxylation is 1. The number of nitrogens with one attached hydrogen (secondary N) is 1. The average Bonchev–Trinajstić information content (AvgIpc) is 4.06. The second kappa shape index (κ2) is 20.0. The van der Waals surface area contributed by atoms with Crippen LogP contribution in [0.1, 0.15) is 85.0 Å². The Morgan fingerprint density at radius 2 is 1.28 bits per heavy atom. The molecule has 3 N–H and O–H groups in total. The van der Waals surface area contributed by atoms with Crippen LogP contribution in [0, 0.1) is 30.2 Å². The van der Waals surface area contributed by atoms with Crippen LogP contribution in [0.3, 0.4) is 0 Å². The molecule has 4 aliphatic rings. The van der Waals surface area contributed by atoms with Crippen molar-refractivity contribution in [1.82, 2.24) is 33.5 Å². The second-order valence-corrected chi connectivity index (χ2v) is 25.6. The average molecular weight is 1050 g/mol. The van der Waals surface area contributed by atoms with Gasteiger partial charge in [-0.15, -0.1) is 0 Å². The SMILES string of the molecule is C=S(C)(=O)n1cc2c(n1)CN([C@H]1CO[C@H](c3cc(F)ccc3F)[C@@H](NC(=O)OC(C)(C)C)C1)C2.Cc1ccc(S(=O)(=O)N=S(C)(=O)n2cc3c(n2)CN([C@H]2CO[C@H](c4cc(F)ccc4F)[C@@H](N)C2)C3)cc1. The van der Waals surface area contributed by atoms with Gasteiger partial charge in [0.2, 0.25) is 0 Å². The first-order valence-electron chi connectivity index (χ1n) is 22.6. The van der Waals surface area contributed by atoms with Gasteiger partial charge in [0.05, 0.1) is 45.2 Å². The zero-order valence-electron chi connectivity index (χ0n) is 40.0. The summed E-state index contributed by atoms with van der Waals surface area (Å²) in [5.41, 5.74) is 9.85. The molecule has 71 heavy (non-hydrogen) atoms. The van der Waals surface area contributed by atoms with Gasteiger partial charge >= 0.3 is 6.09 Å². The van der Waals surface area contributed by atoms with Crippen LogP contribution in [0.4, 0.5) is 22.4 Å². The minimum Gasteiger partial charge on any atom is -0.444 e. The molecule has 17 nitrogen and oxygen atoms in total. The van der Waals surface area contributed by atoms with Crippen molar-refractivity contribution in [2.75, 3.05) is 25.7 Å². The Labute approximate surface area is 411 Å². The van der Waals surface area contributed by atoms with Gasteiger partial charge in [-0.1, -0.05) is 21.5 Å². The fourth-order valence-corrected chi connectivity index (χ4v) is 12.8. The number of nitrogens with two attached hydrogens (primary N) is 1. The number of carbonyl (C=O) groups is 1. The van der Waals surface area contributed by atoms with Gasteiger partial charge in [-0.05, 0) is 94.9 Å². The number of amides is 1. The largest absolute Gasteiger partial charge is 0.444 e. The second-order valence-electron chi connectivity index (χ2n) is 19.4. The van der Waals surface area contributed by atoms with E-state index in [1.165, 1.54) is 28.7 Å². The van der Waals surface area contributed by atoms with Crippen molar-refractivity contribution in [1.29, 1.82) is 0 Å². The Morgan fingerprint density at radius 1 is 0.775 bits per heavy atom. The normalized spacial score (nSPS) is 24.4. The summed E-state index contributed by atoms with van der Waals surface area (Å²) < 4.78 is 131. The minimum atomic E-state index is -4.15. The Balaban J connectivity index is 0.000000191. The number of alkyl carbamates (subject to hydrolysis) is 1. The van der Waals surface area contributed by atoms with Gasteiger partial charge in [-0.3, -0.25) is 9.80 Å². The number of fused-ring (bicyclic) bond motifs is 2. The summed E-state index contributed by atoms with van der Waals surface area (Å²) in [6, 6.07) is 11.2. The smallest absolute Gasteiger partial charge is 0.407 e. The number of hydrogen-bond donors (Lipinski definition) is 2. The Morgan fingerprint density at radius 3 is 1.80 bits per heavy atom. The zero-order valence-corrected chi connectivity index (χ0v) is 42.4. The highest BCUT2D eigenvalue weighted by atomic mass is 32.3.